The Kier molecular flexibility index (Phi) is 3.63. The van der Waals surface area contributed by atoms with Crippen molar-refractivity contribution in [3.05, 3.63) is 52.0 Å². The van der Waals surface area contributed by atoms with E-state index in [4.69, 9.17) is 6.42 Å². The summed E-state index contributed by atoms with van der Waals surface area (Å²) in [5.74, 6) is 2.37. The quantitative estimate of drug-likeness (QED) is 0.529. The molecule has 3 heterocycles. The summed E-state index contributed by atoms with van der Waals surface area (Å²) in [7, 11) is 0. The molecule has 8 heteroatoms. The summed E-state index contributed by atoms with van der Waals surface area (Å²) in [6.07, 6.45) is 6.65. The Morgan fingerprint density at radius 1 is 1.32 bits per heavy atom. The topological polar surface area (TPSA) is 78.0 Å². The molecular formula is C17H12N6OS. The first-order chi connectivity index (χ1) is 12.2. The Morgan fingerprint density at radius 3 is 2.96 bits per heavy atom. The summed E-state index contributed by atoms with van der Waals surface area (Å²) in [5, 5.41) is 10.7. The van der Waals surface area contributed by atoms with Crippen molar-refractivity contribution in [2.24, 2.45) is 0 Å². The SMILES string of the molecule is C#CCn1nnc2c(-c3csc(-c4ccccc4C)n3)ncn2c1=O. The van der Waals surface area contributed by atoms with E-state index in [2.05, 4.69) is 26.2 Å². The first-order valence-corrected chi connectivity index (χ1v) is 8.33. The Morgan fingerprint density at radius 2 is 2.16 bits per heavy atom. The predicted molar refractivity (Wildman–Crippen MR) is 95.2 cm³/mol. The minimum Gasteiger partial charge on any atom is -0.245 e. The second-order valence-electron chi connectivity index (χ2n) is 5.37. The minimum atomic E-state index is -0.379. The van der Waals surface area contributed by atoms with Crippen LogP contribution in [-0.4, -0.2) is 29.4 Å². The van der Waals surface area contributed by atoms with Gasteiger partial charge in [0, 0.05) is 10.9 Å². The molecule has 0 saturated carbocycles. The number of benzene rings is 1. The first-order valence-electron chi connectivity index (χ1n) is 7.45. The largest absolute Gasteiger partial charge is 0.353 e. The van der Waals surface area contributed by atoms with Crippen LogP contribution in [-0.2, 0) is 6.54 Å². The predicted octanol–water partition coefficient (Wildman–Crippen LogP) is 2.02. The maximum atomic E-state index is 12.3. The molecule has 0 aliphatic rings. The lowest BCUT2D eigenvalue weighted by atomic mass is 10.1. The number of aryl methyl sites for hydroxylation is 1. The number of fused-ring (bicyclic) bond motifs is 1. The third kappa shape index (κ3) is 2.51. The van der Waals surface area contributed by atoms with Crippen LogP contribution in [0.5, 0.6) is 0 Å². The van der Waals surface area contributed by atoms with Gasteiger partial charge in [0.2, 0.25) is 0 Å². The molecular weight excluding hydrogens is 336 g/mol. The average Bonchev–Trinajstić information content (AvgIpc) is 3.25. The van der Waals surface area contributed by atoms with Gasteiger partial charge in [0.05, 0.1) is 0 Å². The summed E-state index contributed by atoms with van der Waals surface area (Å²) >= 11 is 1.52. The van der Waals surface area contributed by atoms with Crippen molar-refractivity contribution in [2.45, 2.75) is 13.5 Å². The molecule has 4 aromatic rings. The Balaban J connectivity index is 1.82. The molecule has 0 unspecified atom stereocenters. The molecule has 122 valence electrons. The summed E-state index contributed by atoms with van der Waals surface area (Å²) < 4.78 is 2.44. The second-order valence-corrected chi connectivity index (χ2v) is 6.23. The van der Waals surface area contributed by atoms with E-state index in [9.17, 15) is 4.79 Å². The van der Waals surface area contributed by atoms with Gasteiger partial charge in [-0.05, 0) is 12.5 Å². The monoisotopic (exact) mass is 348 g/mol. The highest BCUT2D eigenvalue weighted by molar-refractivity contribution is 7.13. The van der Waals surface area contributed by atoms with Crippen molar-refractivity contribution in [3.8, 4) is 34.3 Å². The molecule has 4 rings (SSSR count). The maximum Gasteiger partial charge on any atom is 0.353 e. The fraction of sp³-hybridized carbons (Fsp3) is 0.118. The van der Waals surface area contributed by atoms with Crippen LogP contribution in [0.2, 0.25) is 0 Å². The zero-order chi connectivity index (χ0) is 17.4. The van der Waals surface area contributed by atoms with Gasteiger partial charge < -0.3 is 0 Å². The fourth-order valence-electron chi connectivity index (χ4n) is 2.52. The van der Waals surface area contributed by atoms with Crippen LogP contribution in [0, 0.1) is 19.3 Å². The number of thiazole rings is 1. The van der Waals surface area contributed by atoms with Crippen LogP contribution in [0.3, 0.4) is 0 Å². The number of rotatable bonds is 3. The summed E-state index contributed by atoms with van der Waals surface area (Å²) in [5.41, 5.74) is 3.39. The molecule has 0 atom stereocenters. The summed E-state index contributed by atoms with van der Waals surface area (Å²) in [6.45, 7) is 2.10. The second kappa shape index (κ2) is 5.96. The lowest BCUT2D eigenvalue weighted by Gasteiger charge is -2.00. The van der Waals surface area contributed by atoms with Crippen LogP contribution in [0.25, 0.3) is 27.6 Å². The molecule has 0 N–H and O–H groups in total. The number of hydrogen-bond donors (Lipinski definition) is 0. The van der Waals surface area contributed by atoms with Gasteiger partial charge in [-0.25, -0.2) is 19.2 Å². The Labute approximate surface area is 146 Å². The highest BCUT2D eigenvalue weighted by atomic mass is 32.1. The van der Waals surface area contributed by atoms with Crippen LogP contribution in [0.1, 0.15) is 5.56 Å². The molecule has 0 spiro atoms. The van der Waals surface area contributed by atoms with Gasteiger partial charge in [-0.1, -0.05) is 35.4 Å². The highest BCUT2D eigenvalue weighted by Gasteiger charge is 2.16. The molecule has 0 fully saturated rings. The number of imidazole rings is 1. The zero-order valence-electron chi connectivity index (χ0n) is 13.2. The van der Waals surface area contributed by atoms with Gasteiger partial charge in [0.15, 0.2) is 5.65 Å². The van der Waals surface area contributed by atoms with E-state index in [1.165, 1.54) is 22.1 Å². The normalized spacial score (nSPS) is 10.9. The fourth-order valence-corrected chi connectivity index (χ4v) is 3.42. The number of hydrogen-bond acceptors (Lipinski definition) is 6. The molecule has 0 radical (unpaired) electrons. The van der Waals surface area contributed by atoms with E-state index in [1.807, 2.05) is 36.6 Å². The van der Waals surface area contributed by atoms with E-state index < -0.39 is 0 Å². The van der Waals surface area contributed by atoms with Crippen molar-refractivity contribution in [2.75, 3.05) is 0 Å². The summed E-state index contributed by atoms with van der Waals surface area (Å²) in [6, 6.07) is 8.05. The molecule has 0 aliphatic carbocycles. The van der Waals surface area contributed by atoms with Crippen molar-refractivity contribution in [1.29, 1.82) is 0 Å². The molecule has 7 nitrogen and oxygen atoms in total. The first kappa shape index (κ1) is 15.2. The van der Waals surface area contributed by atoms with E-state index in [1.54, 1.807) is 0 Å². The van der Waals surface area contributed by atoms with Gasteiger partial charge in [-0.15, -0.1) is 22.9 Å². The van der Waals surface area contributed by atoms with Crippen LogP contribution in [0.4, 0.5) is 0 Å². The van der Waals surface area contributed by atoms with E-state index in [-0.39, 0.29) is 12.2 Å². The lowest BCUT2D eigenvalue weighted by Crippen LogP contribution is -2.29. The van der Waals surface area contributed by atoms with Crippen molar-refractivity contribution in [1.82, 2.24) is 29.4 Å². The van der Waals surface area contributed by atoms with Gasteiger partial charge in [-0.2, -0.15) is 4.68 Å². The molecule has 0 bridgehead atoms. The molecule has 0 amide bonds. The van der Waals surface area contributed by atoms with Gasteiger partial charge in [0.1, 0.15) is 29.3 Å². The molecule has 0 aliphatic heterocycles. The highest BCUT2D eigenvalue weighted by Crippen LogP contribution is 2.30. The van der Waals surface area contributed by atoms with E-state index >= 15 is 0 Å². The average molecular weight is 348 g/mol. The van der Waals surface area contributed by atoms with Crippen LogP contribution < -0.4 is 5.69 Å². The smallest absolute Gasteiger partial charge is 0.245 e. The maximum absolute atomic E-state index is 12.3. The zero-order valence-corrected chi connectivity index (χ0v) is 14.1. The molecule has 0 saturated heterocycles. The Bertz CT molecular complexity index is 1180. The number of terminal acetylenes is 1. The minimum absolute atomic E-state index is 0.0589. The third-order valence-corrected chi connectivity index (χ3v) is 4.66. The van der Waals surface area contributed by atoms with Crippen LogP contribution in [0.15, 0.2) is 40.8 Å². The van der Waals surface area contributed by atoms with Crippen molar-refractivity contribution < 1.29 is 0 Å². The number of nitrogens with zero attached hydrogens (tertiary/aromatic N) is 6. The Hall–Kier alpha value is -3.31. The van der Waals surface area contributed by atoms with Crippen LogP contribution >= 0.6 is 11.3 Å². The lowest BCUT2D eigenvalue weighted by molar-refractivity contribution is 0.577. The number of aromatic nitrogens is 6. The van der Waals surface area contributed by atoms with Gasteiger partial charge in [0.25, 0.3) is 0 Å². The van der Waals surface area contributed by atoms with Crippen molar-refractivity contribution in [3.63, 3.8) is 0 Å². The van der Waals surface area contributed by atoms with Crippen molar-refractivity contribution >= 4 is 17.0 Å². The third-order valence-electron chi connectivity index (χ3n) is 3.78. The molecule has 1 aromatic carbocycles. The standard InChI is InChI=1S/C17H12N6OS/c1-3-8-23-17(24)22-10-18-14(15(22)20-21-23)13-9-25-16(19-13)12-7-5-4-6-11(12)2/h1,4-7,9-10H,8H2,2H3. The summed E-state index contributed by atoms with van der Waals surface area (Å²) in [4.78, 5) is 21.3. The molecule has 3 aromatic heterocycles. The van der Waals surface area contributed by atoms with Gasteiger partial charge in [-0.3, -0.25) is 0 Å². The van der Waals surface area contributed by atoms with E-state index in [0.717, 1.165) is 20.8 Å². The van der Waals surface area contributed by atoms with Gasteiger partial charge >= 0.3 is 5.69 Å². The molecule has 25 heavy (non-hydrogen) atoms. The van der Waals surface area contributed by atoms with E-state index in [0.29, 0.717) is 17.0 Å².